The van der Waals surface area contributed by atoms with Crippen LogP contribution >= 0.6 is 0 Å². The van der Waals surface area contributed by atoms with Gasteiger partial charge >= 0.3 is 0 Å². The molecule has 0 saturated heterocycles. The van der Waals surface area contributed by atoms with Crippen LogP contribution in [0.15, 0.2) is 207 Å². The van der Waals surface area contributed by atoms with E-state index in [1.807, 2.05) is 24.8 Å². The summed E-state index contributed by atoms with van der Waals surface area (Å²) in [4.78, 5) is 20.6. The lowest BCUT2D eigenvalue weighted by molar-refractivity contribution is 0.652. The largest absolute Gasteiger partial charge is 0.256 e. The fourth-order valence-corrected chi connectivity index (χ4v) is 13.0. The van der Waals surface area contributed by atoms with E-state index in [-0.39, 0.29) is 10.8 Å². The molecular formula is C68H46N4. The first-order valence-corrected chi connectivity index (χ1v) is 25.0. The topological polar surface area (TPSA) is 51.6 Å². The van der Waals surface area contributed by atoms with Gasteiger partial charge in [-0.1, -0.05) is 161 Å². The molecule has 2 aliphatic rings. The lowest BCUT2D eigenvalue weighted by atomic mass is 9.78. The first-order chi connectivity index (χ1) is 35.3. The molecule has 0 saturated carbocycles. The quantitative estimate of drug-likeness (QED) is 0.165. The Labute approximate surface area is 417 Å². The van der Waals surface area contributed by atoms with Crippen LogP contribution in [0.25, 0.3) is 132 Å². The number of nitrogens with zero attached hydrogens (tertiary/aromatic N) is 4. The van der Waals surface area contributed by atoms with E-state index >= 15 is 0 Å². The second-order valence-corrected chi connectivity index (χ2v) is 20.9. The number of benzene rings is 9. The summed E-state index contributed by atoms with van der Waals surface area (Å²) in [5, 5.41) is 9.24. The summed E-state index contributed by atoms with van der Waals surface area (Å²) in [5.41, 5.74) is 23.2. The van der Waals surface area contributed by atoms with Gasteiger partial charge in [-0.2, -0.15) is 0 Å². The van der Waals surface area contributed by atoms with E-state index in [0.29, 0.717) is 0 Å². The molecule has 0 fully saturated rings. The molecule has 13 aromatic rings. The average Bonchev–Trinajstić information content (AvgIpc) is 3.78. The zero-order valence-electron chi connectivity index (χ0n) is 40.4. The van der Waals surface area contributed by atoms with Crippen LogP contribution in [0.4, 0.5) is 0 Å². The van der Waals surface area contributed by atoms with Crippen LogP contribution in [-0.4, -0.2) is 19.9 Å². The molecule has 0 atom stereocenters. The molecule has 0 N–H and O–H groups in total. The van der Waals surface area contributed by atoms with Crippen LogP contribution in [0.5, 0.6) is 0 Å². The predicted molar refractivity (Wildman–Crippen MR) is 300 cm³/mol. The second kappa shape index (κ2) is 14.8. The number of fused-ring (bicyclic) bond motifs is 12. The van der Waals surface area contributed by atoms with Crippen molar-refractivity contribution >= 4 is 65.2 Å². The second-order valence-electron chi connectivity index (χ2n) is 20.9. The van der Waals surface area contributed by atoms with Crippen LogP contribution in [0.1, 0.15) is 49.9 Å². The van der Waals surface area contributed by atoms with Crippen molar-refractivity contribution in [1.29, 1.82) is 0 Å². The maximum atomic E-state index is 5.17. The third-order valence-corrected chi connectivity index (χ3v) is 16.4. The molecule has 9 aromatic carbocycles. The van der Waals surface area contributed by atoms with Gasteiger partial charge in [0.1, 0.15) is 0 Å². The number of hydrogen-bond acceptors (Lipinski definition) is 4. The van der Waals surface area contributed by atoms with Gasteiger partial charge in [-0.05, 0) is 137 Å². The molecule has 0 unspecified atom stereocenters. The number of hydrogen-bond donors (Lipinski definition) is 0. The Morgan fingerprint density at radius 1 is 0.264 bits per heavy atom. The fourth-order valence-electron chi connectivity index (χ4n) is 13.0. The molecule has 4 heteroatoms. The Balaban J connectivity index is 0.866. The standard InChI is InChI=1S/C68H46N4/c1-67(2)55-35-41(59-49-23-11-33-71-65(49)61(51-25-13-31-69-63(51)59)47-21-9-17-39-15-5-7-19-43(39)47)27-29-45(55)53-38-58-54(37-57(53)67)46-30-28-42(36-56(46)68(58,3)4)60-50-24-12-34-72-66(50)62(52-26-14-32-70-64(52)60)48-22-10-18-40-16-6-8-20-44(40)48/h5-38H,1-4H3. The van der Waals surface area contributed by atoms with Gasteiger partial charge < -0.3 is 0 Å². The first-order valence-electron chi connectivity index (χ1n) is 25.0. The Morgan fingerprint density at radius 2 is 0.597 bits per heavy atom. The third kappa shape index (κ3) is 5.58. The van der Waals surface area contributed by atoms with Gasteiger partial charge in [0.15, 0.2) is 0 Å². The van der Waals surface area contributed by atoms with Crippen LogP contribution in [-0.2, 0) is 10.8 Å². The molecule has 4 aromatic heterocycles. The van der Waals surface area contributed by atoms with Crippen LogP contribution in [0.3, 0.4) is 0 Å². The molecule has 4 heterocycles. The zero-order chi connectivity index (χ0) is 48.0. The Hall–Kier alpha value is -8.86. The van der Waals surface area contributed by atoms with Crippen LogP contribution in [0, 0.1) is 0 Å². The monoisotopic (exact) mass is 918 g/mol. The molecule has 4 nitrogen and oxygen atoms in total. The zero-order valence-corrected chi connectivity index (χ0v) is 40.4. The van der Waals surface area contributed by atoms with E-state index in [9.17, 15) is 0 Å². The van der Waals surface area contributed by atoms with Crippen molar-refractivity contribution in [3.8, 4) is 66.8 Å². The van der Waals surface area contributed by atoms with Gasteiger partial charge in [0.05, 0.1) is 22.1 Å². The summed E-state index contributed by atoms with van der Waals surface area (Å²) >= 11 is 0. The van der Waals surface area contributed by atoms with E-state index in [2.05, 4.69) is 210 Å². The van der Waals surface area contributed by atoms with Gasteiger partial charge in [-0.3, -0.25) is 19.9 Å². The lowest BCUT2D eigenvalue weighted by Gasteiger charge is -2.25. The normalized spacial score (nSPS) is 14.1. The van der Waals surface area contributed by atoms with Gasteiger partial charge in [-0.25, -0.2) is 0 Å². The molecule has 0 radical (unpaired) electrons. The maximum absolute atomic E-state index is 5.17. The smallest absolute Gasteiger partial charge is 0.0794 e. The van der Waals surface area contributed by atoms with Crippen molar-refractivity contribution in [3.63, 3.8) is 0 Å². The highest BCUT2D eigenvalue weighted by atomic mass is 14.7. The van der Waals surface area contributed by atoms with Gasteiger partial charge in [0, 0.05) is 79.4 Å². The summed E-state index contributed by atoms with van der Waals surface area (Å²) in [6, 6.07) is 66.8. The van der Waals surface area contributed by atoms with E-state index in [4.69, 9.17) is 19.9 Å². The minimum absolute atomic E-state index is 0.259. The Morgan fingerprint density at radius 3 is 1.01 bits per heavy atom. The van der Waals surface area contributed by atoms with E-state index in [0.717, 1.165) is 77.0 Å². The van der Waals surface area contributed by atoms with Gasteiger partial charge in [-0.15, -0.1) is 0 Å². The highest BCUT2D eigenvalue weighted by Gasteiger charge is 2.42. The van der Waals surface area contributed by atoms with Crippen molar-refractivity contribution in [2.45, 2.75) is 38.5 Å². The fraction of sp³-hybridized carbons (Fsp3) is 0.0882. The van der Waals surface area contributed by atoms with Crippen molar-refractivity contribution < 1.29 is 0 Å². The number of rotatable bonds is 4. The van der Waals surface area contributed by atoms with Crippen molar-refractivity contribution in [2.75, 3.05) is 0 Å². The molecule has 2 aliphatic carbocycles. The Kier molecular flexibility index (Phi) is 8.44. The summed E-state index contributed by atoms with van der Waals surface area (Å²) in [7, 11) is 0. The Bertz CT molecular complexity index is 4110. The minimum Gasteiger partial charge on any atom is -0.256 e. The third-order valence-electron chi connectivity index (χ3n) is 16.4. The van der Waals surface area contributed by atoms with Crippen molar-refractivity contribution in [1.82, 2.24) is 19.9 Å². The average molecular weight is 919 g/mol. The van der Waals surface area contributed by atoms with Crippen molar-refractivity contribution in [2.24, 2.45) is 0 Å². The highest BCUT2D eigenvalue weighted by molar-refractivity contribution is 6.23. The highest BCUT2D eigenvalue weighted by Crippen LogP contribution is 2.58. The van der Waals surface area contributed by atoms with Gasteiger partial charge in [0.25, 0.3) is 0 Å². The van der Waals surface area contributed by atoms with Crippen LogP contribution in [0.2, 0.25) is 0 Å². The molecular weight excluding hydrogens is 873 g/mol. The van der Waals surface area contributed by atoms with Crippen molar-refractivity contribution in [3.05, 3.63) is 229 Å². The minimum atomic E-state index is -0.259. The van der Waals surface area contributed by atoms with E-state index < -0.39 is 0 Å². The molecule has 15 rings (SSSR count). The van der Waals surface area contributed by atoms with E-state index in [1.165, 1.54) is 77.2 Å². The number of pyridine rings is 4. The summed E-state index contributed by atoms with van der Waals surface area (Å²) in [6.07, 6.45) is 7.71. The van der Waals surface area contributed by atoms with E-state index in [1.54, 1.807) is 0 Å². The molecule has 0 bridgehead atoms. The molecule has 72 heavy (non-hydrogen) atoms. The number of aromatic nitrogens is 4. The SMILES string of the molecule is CC1(C)c2cc(-c3c4cccnc4c(-c4cccc5ccccc45)c4cccnc34)ccc2-c2cc3c(cc21)-c1ccc(-c2c4cccnc4c(-c4cccc5ccccc45)c4cccnc24)cc1C3(C)C. The first kappa shape index (κ1) is 41.0. The van der Waals surface area contributed by atoms with Gasteiger partial charge in [0.2, 0.25) is 0 Å². The predicted octanol–water partition coefficient (Wildman–Crippen LogP) is 17.5. The summed E-state index contributed by atoms with van der Waals surface area (Å²) < 4.78 is 0. The molecule has 338 valence electrons. The summed E-state index contributed by atoms with van der Waals surface area (Å²) in [5.74, 6) is 0. The lowest BCUT2D eigenvalue weighted by Crippen LogP contribution is -2.17. The maximum Gasteiger partial charge on any atom is 0.0794 e. The summed E-state index contributed by atoms with van der Waals surface area (Å²) in [6.45, 7) is 9.60. The molecule has 0 amide bonds. The molecule has 0 aliphatic heterocycles. The molecule has 0 spiro atoms. The van der Waals surface area contributed by atoms with Crippen LogP contribution < -0.4 is 0 Å².